The van der Waals surface area contributed by atoms with E-state index in [2.05, 4.69) is 6.07 Å². The van der Waals surface area contributed by atoms with Crippen LogP contribution in [0.5, 0.6) is 0 Å². The number of nitriles is 1. The molecule has 6 heteroatoms. The van der Waals surface area contributed by atoms with Crippen LogP contribution >= 0.6 is 0 Å². The SMILES string of the molecule is CS(=O)(=O)N1[C@H](C#N)[C@H](c2ccccc2-c2ccccc2)[C@H]1CO. The average Bonchev–Trinajstić information content (AvgIpc) is 2.55. The van der Waals surface area contributed by atoms with Gasteiger partial charge in [-0.2, -0.15) is 9.57 Å². The largest absolute Gasteiger partial charge is 0.395 e. The van der Waals surface area contributed by atoms with Crippen molar-refractivity contribution in [1.82, 2.24) is 4.31 Å². The maximum absolute atomic E-state index is 11.9. The molecule has 1 saturated heterocycles. The minimum atomic E-state index is -3.56. The lowest BCUT2D eigenvalue weighted by Crippen LogP contribution is -2.64. The molecule has 1 heterocycles. The van der Waals surface area contributed by atoms with Gasteiger partial charge < -0.3 is 5.11 Å². The van der Waals surface area contributed by atoms with Crippen LogP contribution < -0.4 is 0 Å². The van der Waals surface area contributed by atoms with Gasteiger partial charge in [-0.05, 0) is 16.7 Å². The molecule has 0 unspecified atom stereocenters. The van der Waals surface area contributed by atoms with Crippen molar-refractivity contribution in [2.24, 2.45) is 0 Å². The van der Waals surface area contributed by atoms with Gasteiger partial charge in [0, 0.05) is 5.92 Å². The zero-order valence-electron chi connectivity index (χ0n) is 13.2. The Kier molecular flexibility index (Phi) is 4.41. The third kappa shape index (κ3) is 2.71. The van der Waals surface area contributed by atoms with Crippen molar-refractivity contribution in [2.45, 2.75) is 18.0 Å². The fourth-order valence-electron chi connectivity index (χ4n) is 3.46. The first-order valence-corrected chi connectivity index (χ1v) is 9.47. The summed E-state index contributed by atoms with van der Waals surface area (Å²) in [5.74, 6) is -0.355. The van der Waals surface area contributed by atoms with Crippen molar-refractivity contribution >= 4 is 10.0 Å². The van der Waals surface area contributed by atoms with E-state index in [1.165, 1.54) is 0 Å². The lowest BCUT2D eigenvalue weighted by atomic mass is 9.75. The van der Waals surface area contributed by atoms with Gasteiger partial charge in [0.15, 0.2) is 0 Å². The second kappa shape index (κ2) is 6.36. The Bertz CT molecular complexity index is 875. The van der Waals surface area contributed by atoms with Gasteiger partial charge in [-0.1, -0.05) is 54.6 Å². The zero-order valence-corrected chi connectivity index (χ0v) is 14.0. The fourth-order valence-corrected chi connectivity index (χ4v) is 4.74. The summed E-state index contributed by atoms with van der Waals surface area (Å²) in [6.45, 7) is -0.320. The van der Waals surface area contributed by atoms with Crippen molar-refractivity contribution in [3.63, 3.8) is 0 Å². The molecule has 124 valence electrons. The van der Waals surface area contributed by atoms with Gasteiger partial charge in [0.05, 0.1) is 25.0 Å². The molecule has 2 aromatic rings. The predicted octanol–water partition coefficient (Wildman–Crippen LogP) is 1.97. The first kappa shape index (κ1) is 16.7. The topological polar surface area (TPSA) is 81.4 Å². The Morgan fingerprint density at radius 2 is 1.75 bits per heavy atom. The number of hydrogen-bond donors (Lipinski definition) is 1. The molecule has 3 rings (SSSR count). The Labute approximate surface area is 141 Å². The van der Waals surface area contributed by atoms with Crippen molar-refractivity contribution in [2.75, 3.05) is 12.9 Å². The maximum atomic E-state index is 11.9. The molecule has 3 atom stereocenters. The van der Waals surface area contributed by atoms with Crippen molar-refractivity contribution < 1.29 is 13.5 Å². The fraction of sp³-hybridized carbons (Fsp3) is 0.278. The molecule has 5 nitrogen and oxygen atoms in total. The highest BCUT2D eigenvalue weighted by Crippen LogP contribution is 2.45. The van der Waals surface area contributed by atoms with E-state index in [0.717, 1.165) is 27.3 Å². The van der Waals surface area contributed by atoms with E-state index < -0.39 is 22.1 Å². The summed E-state index contributed by atoms with van der Waals surface area (Å²) in [7, 11) is -3.56. The van der Waals surface area contributed by atoms with Crippen LogP contribution in [-0.4, -0.2) is 42.8 Å². The molecule has 1 aliphatic rings. The highest BCUT2D eigenvalue weighted by atomic mass is 32.2. The summed E-state index contributed by atoms with van der Waals surface area (Å²) >= 11 is 0. The summed E-state index contributed by atoms with van der Waals surface area (Å²) in [6.07, 6.45) is 1.07. The Balaban J connectivity index is 2.09. The van der Waals surface area contributed by atoms with Crippen LogP contribution in [0.25, 0.3) is 11.1 Å². The lowest BCUT2D eigenvalue weighted by Gasteiger charge is -2.50. The molecular weight excluding hydrogens is 324 g/mol. The third-order valence-corrected chi connectivity index (χ3v) is 5.73. The first-order chi connectivity index (χ1) is 11.5. The maximum Gasteiger partial charge on any atom is 0.212 e. The van der Waals surface area contributed by atoms with Crippen LogP contribution in [0.1, 0.15) is 11.5 Å². The second-order valence-electron chi connectivity index (χ2n) is 5.90. The summed E-state index contributed by atoms with van der Waals surface area (Å²) in [5, 5.41) is 19.2. The minimum absolute atomic E-state index is 0.320. The van der Waals surface area contributed by atoms with Gasteiger partial charge in [-0.25, -0.2) is 8.42 Å². The van der Waals surface area contributed by atoms with Crippen LogP contribution in [0.15, 0.2) is 54.6 Å². The van der Waals surface area contributed by atoms with E-state index in [1.807, 2.05) is 54.6 Å². The molecule has 1 aliphatic heterocycles. The molecule has 1 N–H and O–H groups in total. The predicted molar refractivity (Wildman–Crippen MR) is 91.6 cm³/mol. The number of rotatable bonds is 4. The van der Waals surface area contributed by atoms with E-state index in [4.69, 9.17) is 0 Å². The van der Waals surface area contributed by atoms with Crippen LogP contribution in [0.2, 0.25) is 0 Å². The van der Waals surface area contributed by atoms with Gasteiger partial charge in [0.25, 0.3) is 0 Å². The van der Waals surface area contributed by atoms with E-state index in [-0.39, 0.29) is 12.5 Å². The normalized spacial score (nSPS) is 24.1. The highest BCUT2D eigenvalue weighted by molar-refractivity contribution is 7.88. The highest BCUT2D eigenvalue weighted by Gasteiger charge is 2.54. The Hall–Kier alpha value is -2.20. The van der Waals surface area contributed by atoms with Crippen LogP contribution in [0, 0.1) is 11.3 Å². The van der Waals surface area contributed by atoms with Crippen LogP contribution in [-0.2, 0) is 10.0 Å². The average molecular weight is 342 g/mol. The van der Waals surface area contributed by atoms with Gasteiger partial charge in [0.1, 0.15) is 6.04 Å². The summed E-state index contributed by atoms with van der Waals surface area (Å²) < 4.78 is 25.0. The van der Waals surface area contributed by atoms with Crippen molar-refractivity contribution in [3.05, 3.63) is 60.2 Å². The van der Waals surface area contributed by atoms with E-state index in [0.29, 0.717) is 0 Å². The van der Waals surface area contributed by atoms with Crippen LogP contribution in [0.3, 0.4) is 0 Å². The van der Waals surface area contributed by atoms with Gasteiger partial charge in [-0.3, -0.25) is 0 Å². The number of sulfonamides is 1. The lowest BCUT2D eigenvalue weighted by molar-refractivity contribution is 0.0566. The van der Waals surface area contributed by atoms with E-state index in [9.17, 15) is 18.8 Å². The molecule has 0 bridgehead atoms. The molecule has 2 aromatic carbocycles. The molecule has 0 aromatic heterocycles. The number of nitrogens with zero attached hydrogens (tertiary/aromatic N) is 2. The van der Waals surface area contributed by atoms with Crippen molar-refractivity contribution in [1.29, 1.82) is 5.26 Å². The molecule has 24 heavy (non-hydrogen) atoms. The number of aliphatic hydroxyl groups is 1. The molecule has 0 spiro atoms. The molecular formula is C18H18N2O3S. The van der Waals surface area contributed by atoms with Gasteiger partial charge in [-0.15, -0.1) is 0 Å². The summed E-state index contributed by atoms with van der Waals surface area (Å²) in [4.78, 5) is 0. The minimum Gasteiger partial charge on any atom is -0.395 e. The first-order valence-electron chi connectivity index (χ1n) is 7.62. The standard InChI is InChI=1S/C18H18N2O3S/c1-24(22,23)20-16(11-19)18(17(20)12-21)15-10-6-5-9-14(15)13-7-3-2-4-8-13/h2-10,16-18,21H,12H2,1H3/t16-,17-,18+/m1/s1. The number of benzene rings is 2. The molecule has 0 saturated carbocycles. The van der Waals surface area contributed by atoms with E-state index in [1.54, 1.807) is 0 Å². The molecule has 1 fully saturated rings. The molecule has 0 radical (unpaired) electrons. The second-order valence-corrected chi connectivity index (χ2v) is 7.78. The zero-order chi connectivity index (χ0) is 17.3. The smallest absolute Gasteiger partial charge is 0.212 e. The molecule has 0 aliphatic carbocycles. The Morgan fingerprint density at radius 1 is 1.12 bits per heavy atom. The number of hydrogen-bond acceptors (Lipinski definition) is 4. The quantitative estimate of drug-likeness (QED) is 0.921. The third-order valence-electron chi connectivity index (χ3n) is 4.46. The van der Waals surface area contributed by atoms with E-state index >= 15 is 0 Å². The Morgan fingerprint density at radius 3 is 2.33 bits per heavy atom. The van der Waals surface area contributed by atoms with Gasteiger partial charge in [0.2, 0.25) is 10.0 Å². The van der Waals surface area contributed by atoms with Gasteiger partial charge >= 0.3 is 0 Å². The van der Waals surface area contributed by atoms with Crippen molar-refractivity contribution in [3.8, 4) is 17.2 Å². The summed E-state index contributed by atoms with van der Waals surface area (Å²) in [5.41, 5.74) is 2.84. The monoisotopic (exact) mass is 342 g/mol. The number of aliphatic hydroxyl groups excluding tert-OH is 1. The van der Waals surface area contributed by atoms with Crippen LogP contribution in [0.4, 0.5) is 0 Å². The molecule has 0 amide bonds. The summed E-state index contributed by atoms with van der Waals surface area (Å²) in [6, 6.07) is 18.0.